The van der Waals surface area contributed by atoms with Crippen molar-refractivity contribution in [2.75, 3.05) is 5.75 Å². The Kier molecular flexibility index (Phi) is 5.07. The number of nitrogens with zero attached hydrogens (tertiary/aromatic N) is 1. The number of carboxylic acids is 1. The number of benzene rings is 1. The Morgan fingerprint density at radius 2 is 2.09 bits per heavy atom. The number of carboxylic acid groups (broad SMARTS) is 1. The van der Waals surface area contributed by atoms with Gasteiger partial charge in [-0.15, -0.1) is 11.8 Å². The second-order valence-corrected chi connectivity index (χ2v) is 7.99. The zero-order chi connectivity index (χ0) is 16.5. The van der Waals surface area contributed by atoms with Crippen LogP contribution in [0.5, 0.6) is 0 Å². The van der Waals surface area contributed by atoms with Crippen molar-refractivity contribution in [3.8, 4) is 0 Å². The van der Waals surface area contributed by atoms with Crippen LogP contribution in [-0.2, 0) is 9.53 Å². The van der Waals surface area contributed by atoms with E-state index >= 15 is 0 Å². The number of halogens is 1. The van der Waals surface area contributed by atoms with Gasteiger partial charge in [0.05, 0.1) is 12.0 Å². The molecule has 0 aliphatic carbocycles. The summed E-state index contributed by atoms with van der Waals surface area (Å²) in [7, 11) is 0. The lowest BCUT2D eigenvalue weighted by Crippen LogP contribution is -2.50. The molecule has 5 nitrogen and oxygen atoms in total. The fraction of sp³-hybridized carbons (Fsp3) is 0.467. The van der Waals surface area contributed by atoms with E-state index in [9.17, 15) is 14.7 Å². The average molecular weight is 387 g/mol. The number of aliphatic carboxylic acids is 1. The third kappa shape index (κ3) is 3.95. The molecule has 7 heteroatoms. The molecule has 22 heavy (non-hydrogen) atoms. The maximum absolute atomic E-state index is 12.4. The Morgan fingerprint density at radius 1 is 1.41 bits per heavy atom. The molecule has 120 valence electrons. The van der Waals surface area contributed by atoms with Gasteiger partial charge in [0.2, 0.25) is 0 Å². The van der Waals surface area contributed by atoms with E-state index in [2.05, 4.69) is 15.9 Å². The van der Waals surface area contributed by atoms with Crippen molar-refractivity contribution >= 4 is 39.8 Å². The number of carbonyl (C=O) groups excluding carboxylic acids is 2. The SMILES string of the molecule is CC(C)(C)OC(=O)N1[C@@H](C(=O)[O-])CS[C@@H]1c1cccc(Br)c1. The highest BCUT2D eigenvalue weighted by molar-refractivity contribution is 9.10. The minimum absolute atomic E-state index is 0.277. The lowest BCUT2D eigenvalue weighted by Gasteiger charge is -2.32. The molecule has 0 bridgehead atoms. The van der Waals surface area contributed by atoms with E-state index in [0.29, 0.717) is 0 Å². The third-order valence-corrected chi connectivity index (χ3v) is 4.83. The fourth-order valence-corrected chi connectivity index (χ4v) is 3.95. The van der Waals surface area contributed by atoms with Crippen molar-refractivity contribution in [2.24, 2.45) is 0 Å². The Bertz CT molecular complexity index is 587. The number of ether oxygens (including phenoxy) is 1. The standard InChI is InChI=1S/C15H18BrNO4S/c1-15(2,3)21-14(20)17-11(13(18)19)8-22-12(17)9-5-4-6-10(16)7-9/h4-7,11-12H,8H2,1-3H3,(H,18,19)/p-1/t11-,12-/m1/s1. The van der Waals surface area contributed by atoms with Crippen LogP contribution in [0.1, 0.15) is 31.7 Å². The highest BCUT2D eigenvalue weighted by Gasteiger charge is 2.41. The smallest absolute Gasteiger partial charge is 0.412 e. The molecule has 0 aromatic heterocycles. The maximum Gasteiger partial charge on any atom is 0.412 e. The maximum atomic E-state index is 12.4. The van der Waals surface area contributed by atoms with Crippen LogP contribution >= 0.6 is 27.7 Å². The van der Waals surface area contributed by atoms with Gasteiger partial charge in [0.15, 0.2) is 0 Å². The van der Waals surface area contributed by atoms with Crippen LogP contribution in [0.3, 0.4) is 0 Å². The lowest BCUT2D eigenvalue weighted by molar-refractivity contribution is -0.310. The molecule has 1 aliphatic heterocycles. The first-order valence-corrected chi connectivity index (χ1v) is 8.62. The highest BCUT2D eigenvalue weighted by Crippen LogP contribution is 2.42. The Hall–Kier alpha value is -1.21. The van der Waals surface area contributed by atoms with Crippen molar-refractivity contribution in [3.63, 3.8) is 0 Å². The van der Waals surface area contributed by atoms with Crippen LogP contribution in [0, 0.1) is 0 Å². The molecular formula is C15H17BrNO4S-. The van der Waals surface area contributed by atoms with Gasteiger partial charge in [-0.3, -0.25) is 4.90 Å². The second kappa shape index (κ2) is 6.50. The molecule has 1 aromatic rings. The van der Waals surface area contributed by atoms with E-state index in [1.807, 2.05) is 24.3 Å². The van der Waals surface area contributed by atoms with Crippen molar-refractivity contribution < 1.29 is 19.4 Å². The van der Waals surface area contributed by atoms with Crippen LogP contribution < -0.4 is 5.11 Å². The van der Waals surface area contributed by atoms with E-state index < -0.39 is 29.1 Å². The summed E-state index contributed by atoms with van der Waals surface area (Å²) >= 11 is 4.77. The van der Waals surface area contributed by atoms with Crippen molar-refractivity contribution in [1.29, 1.82) is 0 Å². The van der Waals surface area contributed by atoms with E-state index in [1.54, 1.807) is 20.8 Å². The summed E-state index contributed by atoms with van der Waals surface area (Å²) in [6.07, 6.45) is -0.642. The largest absolute Gasteiger partial charge is 0.548 e. The molecule has 0 saturated carbocycles. The number of rotatable bonds is 2. The highest BCUT2D eigenvalue weighted by atomic mass is 79.9. The second-order valence-electron chi connectivity index (χ2n) is 5.96. The van der Waals surface area contributed by atoms with E-state index in [1.165, 1.54) is 16.7 Å². The molecule has 0 radical (unpaired) electrons. The van der Waals surface area contributed by atoms with Crippen LogP contribution in [0.15, 0.2) is 28.7 Å². The monoisotopic (exact) mass is 386 g/mol. The topological polar surface area (TPSA) is 69.7 Å². The minimum atomic E-state index is -1.27. The van der Waals surface area contributed by atoms with Gasteiger partial charge in [0, 0.05) is 10.2 Å². The summed E-state index contributed by atoms with van der Waals surface area (Å²) < 4.78 is 6.22. The third-order valence-electron chi connectivity index (χ3n) is 3.01. The average Bonchev–Trinajstić information content (AvgIpc) is 2.81. The number of carbonyl (C=O) groups is 2. The Labute approximate surface area is 142 Å². The van der Waals surface area contributed by atoms with Crippen molar-refractivity contribution in [3.05, 3.63) is 34.3 Å². The number of thioether (sulfide) groups is 1. The first-order valence-electron chi connectivity index (χ1n) is 6.78. The van der Waals surface area contributed by atoms with Gasteiger partial charge in [-0.2, -0.15) is 0 Å². The first kappa shape index (κ1) is 17.1. The minimum Gasteiger partial charge on any atom is -0.548 e. The molecule has 1 aliphatic rings. The molecule has 1 fully saturated rings. The van der Waals surface area contributed by atoms with Gasteiger partial charge >= 0.3 is 6.09 Å². The quantitative estimate of drug-likeness (QED) is 0.780. The first-order chi connectivity index (χ1) is 10.2. The Balaban J connectivity index is 2.32. The van der Waals surface area contributed by atoms with E-state index in [4.69, 9.17) is 4.74 Å². The molecule has 2 atom stereocenters. The summed E-state index contributed by atoms with van der Waals surface area (Å²) in [5.41, 5.74) is 0.150. The van der Waals surface area contributed by atoms with Crippen LogP contribution in [0.4, 0.5) is 4.79 Å². The number of hydrogen-bond donors (Lipinski definition) is 0. The zero-order valence-electron chi connectivity index (χ0n) is 12.5. The van der Waals surface area contributed by atoms with Gasteiger partial charge in [-0.05, 0) is 38.5 Å². The van der Waals surface area contributed by atoms with Crippen molar-refractivity contribution in [2.45, 2.75) is 37.8 Å². The van der Waals surface area contributed by atoms with Gasteiger partial charge < -0.3 is 14.6 Å². The summed E-state index contributed by atoms with van der Waals surface area (Å²) in [5, 5.41) is 10.9. The summed E-state index contributed by atoms with van der Waals surface area (Å²) in [4.78, 5) is 25.0. The normalized spacial score (nSPS) is 21.7. The van der Waals surface area contributed by atoms with Gasteiger partial charge in [0.25, 0.3) is 0 Å². The van der Waals surface area contributed by atoms with Gasteiger partial charge in [-0.1, -0.05) is 28.1 Å². The molecule has 0 unspecified atom stereocenters. The predicted molar refractivity (Wildman–Crippen MR) is 86.2 cm³/mol. The molecule has 0 N–H and O–H groups in total. The fourth-order valence-electron chi connectivity index (χ4n) is 2.14. The molecule has 2 rings (SSSR count). The predicted octanol–water partition coefficient (Wildman–Crippen LogP) is 2.55. The van der Waals surface area contributed by atoms with Crippen molar-refractivity contribution in [1.82, 2.24) is 4.90 Å². The Morgan fingerprint density at radius 3 is 2.64 bits per heavy atom. The molecule has 1 saturated heterocycles. The molecule has 1 aromatic carbocycles. The molecule has 0 spiro atoms. The van der Waals surface area contributed by atoms with Gasteiger partial charge in [-0.25, -0.2) is 4.79 Å². The number of amides is 1. The van der Waals surface area contributed by atoms with Crippen LogP contribution in [0.2, 0.25) is 0 Å². The molecular weight excluding hydrogens is 370 g/mol. The summed E-state index contributed by atoms with van der Waals surface area (Å²) in [6, 6.07) is 6.45. The lowest BCUT2D eigenvalue weighted by atomic mass is 10.2. The zero-order valence-corrected chi connectivity index (χ0v) is 14.9. The molecule has 1 heterocycles. The summed E-state index contributed by atoms with van der Waals surface area (Å²) in [6.45, 7) is 5.24. The molecule has 1 amide bonds. The van der Waals surface area contributed by atoms with Crippen LogP contribution in [0.25, 0.3) is 0 Å². The van der Waals surface area contributed by atoms with Gasteiger partial charge in [0.1, 0.15) is 11.0 Å². The van der Waals surface area contributed by atoms with E-state index in [0.717, 1.165) is 10.0 Å². The van der Waals surface area contributed by atoms with Crippen LogP contribution in [-0.4, -0.2) is 34.4 Å². The van der Waals surface area contributed by atoms with E-state index in [-0.39, 0.29) is 5.75 Å². The summed E-state index contributed by atoms with van der Waals surface area (Å²) in [5.74, 6) is -0.991. The number of hydrogen-bond acceptors (Lipinski definition) is 5.